The maximum atomic E-state index is 11.8. The quantitative estimate of drug-likeness (QED) is 0.696. The second kappa shape index (κ2) is 4.49. The summed E-state index contributed by atoms with van der Waals surface area (Å²) in [6.07, 6.45) is 0.751. The van der Waals surface area contributed by atoms with Crippen molar-refractivity contribution in [1.82, 2.24) is 4.90 Å². The van der Waals surface area contributed by atoms with Gasteiger partial charge in [0.25, 0.3) is 0 Å². The van der Waals surface area contributed by atoms with Gasteiger partial charge in [0.05, 0.1) is 6.10 Å². The standard InChI is InChI=1S/C11H22N2O2/c1-8-4-9(14)7-13(6-8)10(15)5-11(2,3)12/h8-9,14H,4-7,12H2,1-3H3/t8-,9+/m1/s1. The Kier molecular flexibility index (Phi) is 3.73. The van der Waals surface area contributed by atoms with Crippen LogP contribution in [-0.2, 0) is 4.79 Å². The van der Waals surface area contributed by atoms with Crippen LogP contribution >= 0.6 is 0 Å². The summed E-state index contributed by atoms with van der Waals surface area (Å²) >= 11 is 0. The van der Waals surface area contributed by atoms with E-state index >= 15 is 0 Å². The molecule has 1 amide bonds. The van der Waals surface area contributed by atoms with Gasteiger partial charge in [-0.05, 0) is 26.2 Å². The molecule has 0 bridgehead atoms. The molecule has 0 aromatic carbocycles. The fraction of sp³-hybridized carbons (Fsp3) is 0.909. The molecule has 0 aromatic rings. The van der Waals surface area contributed by atoms with E-state index in [9.17, 15) is 9.90 Å². The minimum atomic E-state index is -0.470. The minimum absolute atomic E-state index is 0.0492. The Bertz CT molecular complexity index is 225. The fourth-order valence-corrected chi connectivity index (χ4v) is 2.02. The molecule has 15 heavy (non-hydrogen) atoms. The molecular weight excluding hydrogens is 192 g/mol. The number of hydrogen-bond acceptors (Lipinski definition) is 3. The average Bonchev–Trinajstić information content (AvgIpc) is 1.98. The van der Waals surface area contributed by atoms with Crippen molar-refractivity contribution in [2.45, 2.75) is 45.3 Å². The number of aliphatic hydroxyl groups excluding tert-OH is 1. The molecule has 1 aliphatic rings. The molecule has 0 spiro atoms. The molecule has 1 rings (SSSR count). The monoisotopic (exact) mass is 214 g/mol. The predicted octanol–water partition coefficient (Wildman–Crippen LogP) is 0.343. The number of nitrogens with two attached hydrogens (primary N) is 1. The maximum Gasteiger partial charge on any atom is 0.224 e. The highest BCUT2D eigenvalue weighted by Gasteiger charge is 2.28. The lowest BCUT2D eigenvalue weighted by molar-refractivity contribution is -0.136. The number of carbonyl (C=O) groups is 1. The highest BCUT2D eigenvalue weighted by molar-refractivity contribution is 5.77. The van der Waals surface area contributed by atoms with Gasteiger partial charge in [-0.3, -0.25) is 4.79 Å². The Labute approximate surface area is 91.4 Å². The molecule has 0 saturated carbocycles. The van der Waals surface area contributed by atoms with Gasteiger partial charge in [-0.15, -0.1) is 0 Å². The van der Waals surface area contributed by atoms with Crippen molar-refractivity contribution in [3.63, 3.8) is 0 Å². The summed E-state index contributed by atoms with van der Waals surface area (Å²) in [4.78, 5) is 13.6. The minimum Gasteiger partial charge on any atom is -0.391 e. The Morgan fingerprint density at radius 3 is 2.60 bits per heavy atom. The van der Waals surface area contributed by atoms with Crippen LogP contribution in [0.15, 0.2) is 0 Å². The molecule has 4 nitrogen and oxygen atoms in total. The number of carbonyl (C=O) groups excluding carboxylic acids is 1. The van der Waals surface area contributed by atoms with Crippen LogP contribution in [0.3, 0.4) is 0 Å². The molecule has 0 radical (unpaired) electrons. The summed E-state index contributed by atoms with van der Waals surface area (Å²) in [6, 6.07) is 0. The number of hydrogen-bond donors (Lipinski definition) is 2. The molecule has 88 valence electrons. The van der Waals surface area contributed by atoms with E-state index in [0.29, 0.717) is 18.9 Å². The normalized spacial score (nSPS) is 27.9. The summed E-state index contributed by atoms with van der Waals surface area (Å²) in [5.41, 5.74) is 5.33. The van der Waals surface area contributed by atoms with Gasteiger partial charge in [-0.2, -0.15) is 0 Å². The lowest BCUT2D eigenvalue weighted by Gasteiger charge is -2.35. The number of amides is 1. The summed E-state index contributed by atoms with van der Waals surface area (Å²) in [5, 5.41) is 9.57. The van der Waals surface area contributed by atoms with Crippen LogP contribution in [0.2, 0.25) is 0 Å². The summed E-state index contributed by atoms with van der Waals surface area (Å²) < 4.78 is 0. The molecule has 2 atom stereocenters. The third-order valence-electron chi connectivity index (χ3n) is 2.60. The van der Waals surface area contributed by atoms with Gasteiger partial charge < -0.3 is 15.7 Å². The first-order valence-electron chi connectivity index (χ1n) is 5.52. The Morgan fingerprint density at radius 2 is 2.13 bits per heavy atom. The third-order valence-corrected chi connectivity index (χ3v) is 2.60. The highest BCUT2D eigenvalue weighted by Crippen LogP contribution is 2.18. The molecular formula is C11H22N2O2. The summed E-state index contributed by atoms with van der Waals surface area (Å²) in [5.74, 6) is 0.423. The van der Waals surface area contributed by atoms with Crippen molar-refractivity contribution in [2.24, 2.45) is 11.7 Å². The second-order valence-corrected chi connectivity index (χ2v) is 5.46. The molecule has 1 saturated heterocycles. The van der Waals surface area contributed by atoms with Crippen LogP contribution in [0.5, 0.6) is 0 Å². The average molecular weight is 214 g/mol. The van der Waals surface area contributed by atoms with E-state index in [2.05, 4.69) is 6.92 Å². The molecule has 4 heteroatoms. The van der Waals surface area contributed by atoms with E-state index in [1.54, 1.807) is 4.90 Å². The number of likely N-dealkylation sites (tertiary alicyclic amines) is 1. The zero-order chi connectivity index (χ0) is 11.6. The number of piperidine rings is 1. The van der Waals surface area contributed by atoms with Crippen LogP contribution in [0.1, 0.15) is 33.6 Å². The molecule has 3 N–H and O–H groups in total. The topological polar surface area (TPSA) is 66.6 Å². The number of β-amino-alcohol motifs (C(OH)–C–C–N with tert-alkyl or cyclic N) is 1. The first-order chi connectivity index (χ1) is 6.78. The smallest absolute Gasteiger partial charge is 0.224 e. The molecule has 1 heterocycles. The lowest BCUT2D eigenvalue weighted by atomic mass is 9.95. The van der Waals surface area contributed by atoms with Gasteiger partial charge in [0.1, 0.15) is 0 Å². The van der Waals surface area contributed by atoms with Gasteiger partial charge in [0.15, 0.2) is 0 Å². The molecule has 0 aromatic heterocycles. The predicted molar refractivity (Wildman–Crippen MR) is 59.3 cm³/mol. The van der Waals surface area contributed by atoms with Gasteiger partial charge in [0, 0.05) is 25.0 Å². The van der Waals surface area contributed by atoms with E-state index in [1.807, 2.05) is 13.8 Å². The fourth-order valence-electron chi connectivity index (χ4n) is 2.02. The van der Waals surface area contributed by atoms with Crippen LogP contribution in [0.4, 0.5) is 0 Å². The number of rotatable bonds is 2. The summed E-state index contributed by atoms with van der Waals surface area (Å²) in [7, 11) is 0. The van der Waals surface area contributed by atoms with Crippen LogP contribution in [-0.4, -0.2) is 40.6 Å². The van der Waals surface area contributed by atoms with E-state index in [4.69, 9.17) is 5.73 Å². The van der Waals surface area contributed by atoms with E-state index in [0.717, 1.165) is 13.0 Å². The first-order valence-corrected chi connectivity index (χ1v) is 5.52. The van der Waals surface area contributed by atoms with Gasteiger partial charge in [-0.25, -0.2) is 0 Å². The molecule has 0 aliphatic carbocycles. The largest absolute Gasteiger partial charge is 0.391 e. The van der Waals surface area contributed by atoms with Gasteiger partial charge in [-0.1, -0.05) is 6.92 Å². The van der Waals surface area contributed by atoms with Gasteiger partial charge in [0.2, 0.25) is 5.91 Å². The van der Waals surface area contributed by atoms with Crippen molar-refractivity contribution >= 4 is 5.91 Å². The van der Waals surface area contributed by atoms with E-state index < -0.39 is 5.54 Å². The second-order valence-electron chi connectivity index (χ2n) is 5.46. The number of nitrogens with zero attached hydrogens (tertiary/aromatic N) is 1. The van der Waals surface area contributed by atoms with Crippen molar-refractivity contribution < 1.29 is 9.90 Å². The SMILES string of the molecule is C[C@@H]1C[C@H](O)CN(C(=O)CC(C)(C)N)C1. The first kappa shape index (κ1) is 12.5. The van der Waals surface area contributed by atoms with Crippen LogP contribution in [0, 0.1) is 5.92 Å². The Balaban J connectivity index is 2.52. The van der Waals surface area contributed by atoms with Gasteiger partial charge >= 0.3 is 0 Å². The highest BCUT2D eigenvalue weighted by atomic mass is 16.3. The van der Waals surface area contributed by atoms with Crippen molar-refractivity contribution in [2.75, 3.05) is 13.1 Å². The van der Waals surface area contributed by atoms with E-state index in [-0.39, 0.29) is 12.0 Å². The molecule has 0 unspecified atom stereocenters. The zero-order valence-electron chi connectivity index (χ0n) is 9.86. The Hall–Kier alpha value is -0.610. The zero-order valence-corrected chi connectivity index (χ0v) is 9.86. The third kappa shape index (κ3) is 4.18. The van der Waals surface area contributed by atoms with E-state index in [1.165, 1.54) is 0 Å². The lowest BCUT2D eigenvalue weighted by Crippen LogP contribution is -2.48. The van der Waals surface area contributed by atoms with Crippen molar-refractivity contribution in [3.8, 4) is 0 Å². The van der Waals surface area contributed by atoms with Crippen LogP contribution < -0.4 is 5.73 Å². The van der Waals surface area contributed by atoms with Crippen molar-refractivity contribution in [3.05, 3.63) is 0 Å². The molecule has 1 aliphatic heterocycles. The Morgan fingerprint density at radius 1 is 1.53 bits per heavy atom. The number of aliphatic hydroxyl groups is 1. The maximum absolute atomic E-state index is 11.8. The molecule has 1 fully saturated rings. The van der Waals surface area contributed by atoms with Crippen LogP contribution in [0.25, 0.3) is 0 Å². The van der Waals surface area contributed by atoms with Crippen molar-refractivity contribution in [1.29, 1.82) is 0 Å². The summed E-state index contributed by atoms with van der Waals surface area (Å²) in [6.45, 7) is 6.94.